The molecule has 0 saturated carbocycles. The molecule has 1 fully saturated rings. The standard InChI is InChI=1S/C20H27N3O3S/c1-4-22(5-2)15-10-11-23(13-15)20(24)17-12-16(26-21-17)14-25-18-8-6-7-9-19(18)27-3/h6-9,12,15H,4-5,10-11,13-14H2,1-3H3. The van der Waals surface area contributed by atoms with Gasteiger partial charge in [0.25, 0.3) is 5.91 Å². The van der Waals surface area contributed by atoms with Gasteiger partial charge >= 0.3 is 0 Å². The second-order valence-electron chi connectivity index (χ2n) is 6.53. The average molecular weight is 390 g/mol. The first-order valence-electron chi connectivity index (χ1n) is 9.41. The van der Waals surface area contributed by atoms with Gasteiger partial charge in [0.1, 0.15) is 12.4 Å². The van der Waals surface area contributed by atoms with E-state index in [0.717, 1.165) is 43.2 Å². The molecule has 1 atom stereocenters. The van der Waals surface area contributed by atoms with Gasteiger partial charge in [-0.05, 0) is 37.9 Å². The molecule has 146 valence electrons. The molecule has 0 spiro atoms. The number of carbonyl (C=O) groups is 1. The molecule has 1 aromatic carbocycles. The molecule has 1 unspecified atom stereocenters. The van der Waals surface area contributed by atoms with Crippen LogP contribution >= 0.6 is 11.8 Å². The van der Waals surface area contributed by atoms with Gasteiger partial charge in [-0.25, -0.2) is 0 Å². The molecule has 1 aliphatic rings. The Bertz CT molecular complexity index is 760. The van der Waals surface area contributed by atoms with Crippen LogP contribution in [0, 0.1) is 0 Å². The molecule has 1 aliphatic heterocycles. The predicted octanol–water partition coefficient (Wildman–Crippen LogP) is 3.53. The predicted molar refractivity (Wildman–Crippen MR) is 106 cm³/mol. The Morgan fingerprint density at radius 1 is 1.37 bits per heavy atom. The molecule has 3 rings (SSSR count). The minimum Gasteiger partial charge on any atom is -0.484 e. The van der Waals surface area contributed by atoms with Crippen molar-refractivity contribution in [3.63, 3.8) is 0 Å². The Kier molecular flexibility index (Phi) is 6.79. The van der Waals surface area contributed by atoms with Gasteiger partial charge in [-0.3, -0.25) is 9.69 Å². The third-order valence-electron chi connectivity index (χ3n) is 5.00. The van der Waals surface area contributed by atoms with Crippen LogP contribution < -0.4 is 4.74 Å². The van der Waals surface area contributed by atoms with Crippen LogP contribution in [0.4, 0.5) is 0 Å². The second-order valence-corrected chi connectivity index (χ2v) is 7.38. The van der Waals surface area contributed by atoms with Gasteiger partial charge in [0.2, 0.25) is 0 Å². The van der Waals surface area contributed by atoms with E-state index in [9.17, 15) is 4.79 Å². The number of nitrogens with zero attached hydrogens (tertiary/aromatic N) is 3. The highest BCUT2D eigenvalue weighted by atomic mass is 32.2. The van der Waals surface area contributed by atoms with Crippen molar-refractivity contribution in [3.8, 4) is 5.75 Å². The lowest BCUT2D eigenvalue weighted by Crippen LogP contribution is -2.38. The van der Waals surface area contributed by atoms with Crippen LogP contribution in [0.25, 0.3) is 0 Å². The Morgan fingerprint density at radius 2 is 2.15 bits per heavy atom. The summed E-state index contributed by atoms with van der Waals surface area (Å²) in [5.74, 6) is 1.29. The molecule has 1 aromatic heterocycles. The Hall–Kier alpha value is -1.99. The van der Waals surface area contributed by atoms with Crippen LogP contribution in [0.2, 0.25) is 0 Å². The van der Waals surface area contributed by atoms with E-state index in [1.807, 2.05) is 35.4 Å². The fourth-order valence-corrected chi connectivity index (χ4v) is 4.04. The molecule has 0 aliphatic carbocycles. The lowest BCUT2D eigenvalue weighted by molar-refractivity contribution is 0.0767. The largest absolute Gasteiger partial charge is 0.484 e. The monoisotopic (exact) mass is 389 g/mol. The molecule has 7 heteroatoms. The maximum absolute atomic E-state index is 12.7. The van der Waals surface area contributed by atoms with Crippen LogP contribution in [0.15, 0.2) is 39.8 Å². The molecule has 1 amide bonds. The average Bonchev–Trinajstić information content (AvgIpc) is 3.37. The van der Waals surface area contributed by atoms with E-state index in [1.165, 1.54) is 0 Å². The van der Waals surface area contributed by atoms with Crippen molar-refractivity contribution in [3.05, 3.63) is 41.8 Å². The summed E-state index contributed by atoms with van der Waals surface area (Å²) >= 11 is 1.63. The number of likely N-dealkylation sites (tertiary alicyclic amines) is 1. The zero-order chi connectivity index (χ0) is 19.2. The van der Waals surface area contributed by atoms with Gasteiger partial charge in [0.05, 0.1) is 0 Å². The summed E-state index contributed by atoms with van der Waals surface area (Å²) in [5, 5.41) is 3.96. The molecule has 0 radical (unpaired) electrons. The van der Waals surface area contributed by atoms with Crippen LogP contribution in [-0.2, 0) is 6.61 Å². The minimum atomic E-state index is -0.0656. The lowest BCUT2D eigenvalue weighted by atomic mass is 10.2. The summed E-state index contributed by atoms with van der Waals surface area (Å²) in [6.45, 7) is 8.10. The summed E-state index contributed by atoms with van der Waals surface area (Å²) in [6, 6.07) is 9.97. The van der Waals surface area contributed by atoms with Crippen LogP contribution in [0.5, 0.6) is 5.75 Å². The third kappa shape index (κ3) is 4.65. The number of hydrogen-bond donors (Lipinski definition) is 0. The van der Waals surface area contributed by atoms with Crippen LogP contribution in [-0.4, -0.2) is 59.3 Å². The molecule has 1 saturated heterocycles. The third-order valence-corrected chi connectivity index (χ3v) is 5.77. The van der Waals surface area contributed by atoms with Crippen molar-refractivity contribution in [2.24, 2.45) is 0 Å². The smallest absolute Gasteiger partial charge is 0.276 e. The number of carbonyl (C=O) groups excluding carboxylic acids is 1. The Labute approximate surface area is 164 Å². The summed E-state index contributed by atoms with van der Waals surface area (Å²) in [5.41, 5.74) is 0.354. The minimum absolute atomic E-state index is 0.0656. The van der Waals surface area contributed by atoms with Gasteiger partial charge in [-0.15, -0.1) is 11.8 Å². The summed E-state index contributed by atoms with van der Waals surface area (Å²) in [6.07, 6.45) is 3.02. The number of ether oxygens (including phenoxy) is 1. The van der Waals surface area contributed by atoms with Crippen LogP contribution in [0.3, 0.4) is 0 Å². The topological polar surface area (TPSA) is 58.8 Å². The van der Waals surface area contributed by atoms with Crippen molar-refractivity contribution < 1.29 is 14.1 Å². The van der Waals surface area contributed by atoms with E-state index in [0.29, 0.717) is 17.5 Å². The van der Waals surface area contributed by atoms with Crippen molar-refractivity contribution in [1.29, 1.82) is 0 Å². The highest BCUT2D eigenvalue weighted by Crippen LogP contribution is 2.27. The first-order valence-corrected chi connectivity index (χ1v) is 10.6. The van der Waals surface area contributed by atoms with E-state index < -0.39 is 0 Å². The van der Waals surface area contributed by atoms with Gasteiger partial charge < -0.3 is 14.2 Å². The summed E-state index contributed by atoms with van der Waals surface area (Å²) in [4.78, 5) is 18.1. The first kappa shape index (κ1) is 19.8. The van der Waals surface area contributed by atoms with E-state index >= 15 is 0 Å². The highest BCUT2D eigenvalue weighted by molar-refractivity contribution is 7.98. The second kappa shape index (κ2) is 9.28. The molecule has 27 heavy (non-hydrogen) atoms. The van der Waals surface area contributed by atoms with Crippen molar-refractivity contribution in [1.82, 2.24) is 15.0 Å². The molecule has 0 bridgehead atoms. The van der Waals surface area contributed by atoms with Crippen molar-refractivity contribution in [2.45, 2.75) is 37.8 Å². The van der Waals surface area contributed by atoms with E-state index in [2.05, 4.69) is 23.9 Å². The lowest BCUT2D eigenvalue weighted by Gasteiger charge is -2.25. The first-order chi connectivity index (χ1) is 13.2. The number of likely N-dealkylation sites (N-methyl/N-ethyl adjacent to an activating group) is 1. The van der Waals surface area contributed by atoms with Gasteiger partial charge in [0, 0.05) is 30.1 Å². The number of aromatic nitrogens is 1. The SMILES string of the molecule is CCN(CC)C1CCN(C(=O)c2cc(COc3ccccc3SC)on2)C1. The van der Waals surface area contributed by atoms with Crippen molar-refractivity contribution in [2.75, 3.05) is 32.4 Å². The molecular formula is C20H27N3O3S. The quantitative estimate of drug-likeness (QED) is 0.644. The zero-order valence-corrected chi connectivity index (χ0v) is 17.0. The van der Waals surface area contributed by atoms with E-state index in [4.69, 9.17) is 9.26 Å². The molecule has 6 nitrogen and oxygen atoms in total. The van der Waals surface area contributed by atoms with E-state index in [1.54, 1.807) is 17.8 Å². The fourth-order valence-electron chi connectivity index (χ4n) is 3.50. The molecule has 2 heterocycles. The fraction of sp³-hybridized carbons (Fsp3) is 0.500. The summed E-state index contributed by atoms with van der Waals surface area (Å²) in [7, 11) is 0. The number of hydrogen-bond acceptors (Lipinski definition) is 6. The maximum atomic E-state index is 12.7. The van der Waals surface area contributed by atoms with Crippen LogP contribution in [0.1, 0.15) is 36.5 Å². The van der Waals surface area contributed by atoms with Crippen molar-refractivity contribution >= 4 is 17.7 Å². The van der Waals surface area contributed by atoms with Gasteiger partial charge in [-0.1, -0.05) is 31.1 Å². The zero-order valence-electron chi connectivity index (χ0n) is 16.2. The number of benzene rings is 1. The molecule has 2 aromatic rings. The summed E-state index contributed by atoms with van der Waals surface area (Å²) < 4.78 is 11.1. The normalized spacial score (nSPS) is 16.9. The number of para-hydroxylation sites is 1. The Balaban J connectivity index is 1.58. The Morgan fingerprint density at radius 3 is 2.89 bits per heavy atom. The van der Waals surface area contributed by atoms with Gasteiger partial charge in [0.15, 0.2) is 11.5 Å². The number of thioether (sulfide) groups is 1. The maximum Gasteiger partial charge on any atom is 0.276 e. The number of rotatable bonds is 8. The molecular weight excluding hydrogens is 362 g/mol. The van der Waals surface area contributed by atoms with E-state index in [-0.39, 0.29) is 12.5 Å². The molecule has 0 N–H and O–H groups in total. The highest BCUT2D eigenvalue weighted by Gasteiger charge is 2.31. The number of amides is 1. The van der Waals surface area contributed by atoms with Gasteiger partial charge in [-0.2, -0.15) is 0 Å².